The highest BCUT2D eigenvalue weighted by Crippen LogP contribution is 2.32. The van der Waals surface area contributed by atoms with Crippen LogP contribution in [-0.4, -0.2) is 9.97 Å². The SMILES string of the molecule is Cc1ccc(Nc2ncnc(Oc3ccc(Br)cc3)c2N)c(C)c1. The monoisotopic (exact) mass is 384 g/mol. The summed E-state index contributed by atoms with van der Waals surface area (Å²) in [7, 11) is 0. The number of halogens is 1. The lowest BCUT2D eigenvalue weighted by Gasteiger charge is -2.13. The van der Waals surface area contributed by atoms with Crippen molar-refractivity contribution in [1.29, 1.82) is 0 Å². The van der Waals surface area contributed by atoms with Gasteiger partial charge in [-0.1, -0.05) is 33.6 Å². The number of nitrogens with one attached hydrogen (secondary N) is 1. The Morgan fingerprint density at radius 1 is 1.04 bits per heavy atom. The predicted octanol–water partition coefficient (Wildman–Crippen LogP) is 4.97. The average molecular weight is 385 g/mol. The van der Waals surface area contributed by atoms with Gasteiger partial charge in [0.15, 0.2) is 5.82 Å². The van der Waals surface area contributed by atoms with Gasteiger partial charge in [0.05, 0.1) is 0 Å². The molecule has 0 aliphatic heterocycles. The van der Waals surface area contributed by atoms with E-state index in [1.165, 1.54) is 11.9 Å². The molecule has 3 N–H and O–H groups in total. The van der Waals surface area contributed by atoms with Gasteiger partial charge in [0.25, 0.3) is 0 Å². The third-order valence-electron chi connectivity index (χ3n) is 3.51. The van der Waals surface area contributed by atoms with Crippen LogP contribution >= 0.6 is 15.9 Å². The number of rotatable bonds is 4. The van der Waals surface area contributed by atoms with E-state index in [1.54, 1.807) is 0 Å². The second-order valence-corrected chi connectivity index (χ2v) is 6.36. The zero-order chi connectivity index (χ0) is 17.1. The molecule has 0 saturated carbocycles. The number of aromatic nitrogens is 2. The molecule has 0 unspecified atom stereocenters. The van der Waals surface area contributed by atoms with Crippen LogP contribution in [0, 0.1) is 13.8 Å². The quantitative estimate of drug-likeness (QED) is 0.663. The highest BCUT2D eigenvalue weighted by atomic mass is 79.9. The molecule has 122 valence electrons. The fraction of sp³-hybridized carbons (Fsp3) is 0.111. The molecule has 24 heavy (non-hydrogen) atoms. The van der Waals surface area contributed by atoms with Crippen LogP contribution in [0.4, 0.5) is 17.2 Å². The first-order valence-electron chi connectivity index (χ1n) is 7.41. The van der Waals surface area contributed by atoms with Crippen LogP contribution < -0.4 is 15.8 Å². The molecule has 0 amide bonds. The van der Waals surface area contributed by atoms with Crippen LogP contribution in [0.25, 0.3) is 0 Å². The number of anilines is 3. The van der Waals surface area contributed by atoms with Crippen LogP contribution in [0.3, 0.4) is 0 Å². The summed E-state index contributed by atoms with van der Waals surface area (Å²) in [6.45, 7) is 4.09. The van der Waals surface area contributed by atoms with E-state index in [0.29, 0.717) is 23.1 Å². The molecule has 0 spiro atoms. The first kappa shape index (κ1) is 16.3. The fourth-order valence-corrected chi connectivity index (χ4v) is 2.52. The molecule has 0 bridgehead atoms. The summed E-state index contributed by atoms with van der Waals surface area (Å²) in [5.41, 5.74) is 9.79. The molecule has 0 saturated heterocycles. The number of ether oxygens (including phenoxy) is 1. The molecule has 0 aliphatic rings. The third-order valence-corrected chi connectivity index (χ3v) is 4.04. The second-order valence-electron chi connectivity index (χ2n) is 5.44. The van der Waals surface area contributed by atoms with Crippen LogP contribution in [0.15, 0.2) is 53.3 Å². The molecule has 2 aromatic carbocycles. The normalized spacial score (nSPS) is 10.5. The Morgan fingerprint density at radius 2 is 1.79 bits per heavy atom. The number of hydrogen-bond donors (Lipinski definition) is 2. The number of benzene rings is 2. The molecule has 3 aromatic rings. The molecule has 1 heterocycles. The van der Waals surface area contributed by atoms with E-state index >= 15 is 0 Å². The van der Waals surface area contributed by atoms with Gasteiger partial charge in [-0.3, -0.25) is 0 Å². The molecular weight excluding hydrogens is 368 g/mol. The van der Waals surface area contributed by atoms with Crippen molar-refractivity contribution in [3.05, 3.63) is 64.4 Å². The summed E-state index contributed by atoms with van der Waals surface area (Å²) in [6, 6.07) is 13.6. The van der Waals surface area contributed by atoms with E-state index in [-0.39, 0.29) is 0 Å². The van der Waals surface area contributed by atoms with Gasteiger partial charge < -0.3 is 15.8 Å². The molecule has 0 radical (unpaired) electrons. The van der Waals surface area contributed by atoms with Gasteiger partial charge in [-0.2, -0.15) is 4.98 Å². The van der Waals surface area contributed by atoms with Crippen molar-refractivity contribution in [1.82, 2.24) is 9.97 Å². The molecule has 0 aliphatic carbocycles. The zero-order valence-electron chi connectivity index (χ0n) is 13.4. The van der Waals surface area contributed by atoms with Gasteiger partial charge in [0.1, 0.15) is 17.8 Å². The van der Waals surface area contributed by atoms with Crippen molar-refractivity contribution < 1.29 is 4.74 Å². The number of hydrogen-bond acceptors (Lipinski definition) is 5. The third kappa shape index (κ3) is 3.65. The van der Waals surface area contributed by atoms with Gasteiger partial charge in [-0.25, -0.2) is 4.98 Å². The van der Waals surface area contributed by atoms with Gasteiger partial charge in [-0.15, -0.1) is 0 Å². The molecular formula is C18H17BrN4O. The molecule has 0 fully saturated rings. The van der Waals surface area contributed by atoms with E-state index in [9.17, 15) is 0 Å². The summed E-state index contributed by atoms with van der Waals surface area (Å²) < 4.78 is 6.73. The van der Waals surface area contributed by atoms with Crippen molar-refractivity contribution in [2.24, 2.45) is 0 Å². The smallest absolute Gasteiger partial charge is 0.248 e. The minimum absolute atomic E-state index is 0.319. The van der Waals surface area contributed by atoms with Crippen molar-refractivity contribution >= 4 is 33.1 Å². The van der Waals surface area contributed by atoms with E-state index in [0.717, 1.165) is 15.7 Å². The van der Waals surface area contributed by atoms with Gasteiger partial charge in [0, 0.05) is 10.2 Å². The van der Waals surface area contributed by atoms with Gasteiger partial charge in [0.2, 0.25) is 5.88 Å². The van der Waals surface area contributed by atoms with Crippen molar-refractivity contribution in [3.63, 3.8) is 0 Å². The molecule has 0 atom stereocenters. The molecule has 3 rings (SSSR count). The lowest BCUT2D eigenvalue weighted by molar-refractivity contribution is 0.464. The Balaban J connectivity index is 1.86. The highest BCUT2D eigenvalue weighted by molar-refractivity contribution is 9.10. The van der Waals surface area contributed by atoms with Crippen LogP contribution in [-0.2, 0) is 0 Å². The maximum absolute atomic E-state index is 6.17. The molecule has 1 aromatic heterocycles. The lowest BCUT2D eigenvalue weighted by atomic mass is 10.1. The predicted molar refractivity (Wildman–Crippen MR) is 99.9 cm³/mol. The minimum atomic E-state index is 0.319. The minimum Gasteiger partial charge on any atom is -0.437 e. The van der Waals surface area contributed by atoms with Crippen molar-refractivity contribution in [3.8, 4) is 11.6 Å². The maximum Gasteiger partial charge on any atom is 0.248 e. The lowest BCUT2D eigenvalue weighted by Crippen LogP contribution is -2.04. The first-order valence-corrected chi connectivity index (χ1v) is 8.20. The number of nitrogens with zero attached hydrogens (tertiary/aromatic N) is 2. The molecule has 6 heteroatoms. The van der Waals surface area contributed by atoms with E-state index < -0.39 is 0 Å². The number of nitrogen functional groups attached to an aromatic ring is 1. The largest absolute Gasteiger partial charge is 0.437 e. The summed E-state index contributed by atoms with van der Waals surface area (Å²) >= 11 is 3.39. The first-order chi connectivity index (χ1) is 11.5. The summed E-state index contributed by atoms with van der Waals surface area (Å²) in [5, 5.41) is 3.24. The van der Waals surface area contributed by atoms with Crippen LogP contribution in [0.1, 0.15) is 11.1 Å². The topological polar surface area (TPSA) is 73.1 Å². The van der Waals surface area contributed by atoms with E-state index in [2.05, 4.69) is 44.2 Å². The Hall–Kier alpha value is -2.60. The number of nitrogens with two attached hydrogens (primary N) is 1. The second kappa shape index (κ2) is 6.88. The Kier molecular flexibility index (Phi) is 4.66. The van der Waals surface area contributed by atoms with Gasteiger partial charge in [-0.05, 0) is 49.7 Å². The number of aryl methyl sites for hydroxylation is 2. The van der Waals surface area contributed by atoms with Gasteiger partial charge >= 0.3 is 0 Å². The molecule has 5 nitrogen and oxygen atoms in total. The zero-order valence-corrected chi connectivity index (χ0v) is 15.0. The highest BCUT2D eigenvalue weighted by Gasteiger charge is 2.11. The fourth-order valence-electron chi connectivity index (χ4n) is 2.26. The van der Waals surface area contributed by atoms with Crippen molar-refractivity contribution in [2.45, 2.75) is 13.8 Å². The summed E-state index contributed by atoms with van der Waals surface area (Å²) in [4.78, 5) is 8.34. The standard InChI is InChI=1S/C18H17BrN4O/c1-11-3-8-15(12(2)9-11)23-17-16(20)18(22-10-21-17)24-14-6-4-13(19)5-7-14/h3-10H,20H2,1-2H3,(H,21,22,23). The Bertz CT molecular complexity index is 865. The average Bonchev–Trinajstić information content (AvgIpc) is 2.55. The Morgan fingerprint density at radius 3 is 2.50 bits per heavy atom. The Labute approximate surface area is 149 Å². The van der Waals surface area contributed by atoms with Crippen LogP contribution in [0.2, 0.25) is 0 Å². The van der Waals surface area contributed by atoms with Crippen molar-refractivity contribution in [2.75, 3.05) is 11.1 Å². The van der Waals surface area contributed by atoms with Crippen LogP contribution in [0.5, 0.6) is 11.6 Å². The van der Waals surface area contributed by atoms with E-state index in [4.69, 9.17) is 10.5 Å². The summed E-state index contributed by atoms with van der Waals surface area (Å²) in [6.07, 6.45) is 1.43. The maximum atomic E-state index is 6.17. The van der Waals surface area contributed by atoms with E-state index in [1.807, 2.05) is 43.3 Å². The summed E-state index contributed by atoms with van der Waals surface area (Å²) in [5.74, 6) is 1.49.